The topological polar surface area (TPSA) is 214 Å². The van der Waals surface area contributed by atoms with E-state index in [1.165, 1.54) is 0 Å². The van der Waals surface area contributed by atoms with E-state index in [0.29, 0.717) is 0 Å². The molecule has 0 aromatic heterocycles. The van der Waals surface area contributed by atoms with Gasteiger partial charge in [0, 0.05) is 29.7 Å². The Balaban J connectivity index is 1.76. The SMILES string of the molecule is O=C(OC1C(=O)c2c(O)cc(O)cc2OC1c1cc(O)c(O)c(O)c1)C1=CC(O)C(O)C(O)C1. The molecule has 4 rings (SSSR count). The van der Waals surface area contributed by atoms with E-state index in [0.717, 1.165) is 30.3 Å². The molecule has 12 heteroatoms. The van der Waals surface area contributed by atoms with Crippen molar-refractivity contribution in [2.45, 2.75) is 36.9 Å². The van der Waals surface area contributed by atoms with Crippen LogP contribution >= 0.6 is 0 Å². The minimum Gasteiger partial charge on any atom is -0.508 e. The minimum absolute atomic E-state index is 0.111. The highest BCUT2D eigenvalue weighted by atomic mass is 16.6. The Kier molecular flexibility index (Phi) is 5.73. The number of ketones is 1. The Morgan fingerprint density at radius 1 is 0.941 bits per heavy atom. The Hall–Kier alpha value is -4.00. The molecule has 180 valence electrons. The Morgan fingerprint density at radius 3 is 2.21 bits per heavy atom. The van der Waals surface area contributed by atoms with E-state index < -0.39 is 76.6 Å². The second-order valence-corrected chi connectivity index (χ2v) is 7.92. The molecule has 5 unspecified atom stereocenters. The summed E-state index contributed by atoms with van der Waals surface area (Å²) in [5, 5.41) is 78.7. The van der Waals surface area contributed by atoms with Crippen molar-refractivity contribution in [1.29, 1.82) is 0 Å². The van der Waals surface area contributed by atoms with E-state index >= 15 is 0 Å². The summed E-state index contributed by atoms with van der Waals surface area (Å²) in [6.45, 7) is 0. The first-order chi connectivity index (χ1) is 16.0. The fraction of sp³-hybridized carbons (Fsp3) is 0.273. The fourth-order valence-corrected chi connectivity index (χ4v) is 3.84. The van der Waals surface area contributed by atoms with Crippen LogP contribution in [0.25, 0.3) is 0 Å². The number of fused-ring (bicyclic) bond motifs is 1. The summed E-state index contributed by atoms with van der Waals surface area (Å²) in [4.78, 5) is 26.0. The molecule has 0 bridgehead atoms. The number of ether oxygens (including phenoxy) is 2. The molecular formula is C22H20O12. The number of hydrogen-bond donors (Lipinski definition) is 8. The first kappa shape index (κ1) is 23.2. The molecule has 2 aromatic rings. The molecule has 5 atom stereocenters. The van der Waals surface area contributed by atoms with E-state index in [1.54, 1.807) is 0 Å². The molecule has 2 aromatic carbocycles. The van der Waals surface area contributed by atoms with Crippen molar-refractivity contribution in [1.82, 2.24) is 0 Å². The van der Waals surface area contributed by atoms with Gasteiger partial charge < -0.3 is 50.3 Å². The van der Waals surface area contributed by atoms with Gasteiger partial charge in [0.25, 0.3) is 0 Å². The van der Waals surface area contributed by atoms with Gasteiger partial charge in [0.2, 0.25) is 11.9 Å². The standard InChI is InChI=1S/C22H20O12/c23-9-5-10(24)16-15(6-9)33-20(7-1-11(25)17(29)12(26)2-7)21(19(16)31)34-22(32)8-3-13(27)18(30)14(28)4-8/h1-3,5-6,13-14,18,20-21,23-30H,4H2. The summed E-state index contributed by atoms with van der Waals surface area (Å²) < 4.78 is 11.0. The summed E-state index contributed by atoms with van der Waals surface area (Å²) in [5.74, 6) is -5.87. The van der Waals surface area contributed by atoms with Gasteiger partial charge in [-0.2, -0.15) is 0 Å². The first-order valence-corrected chi connectivity index (χ1v) is 9.95. The number of aromatic hydroxyl groups is 5. The number of carbonyl (C=O) groups excluding carboxylic acids is 2. The Morgan fingerprint density at radius 2 is 1.59 bits per heavy atom. The highest BCUT2D eigenvalue weighted by molar-refractivity contribution is 6.07. The molecule has 1 heterocycles. The maximum atomic E-state index is 13.2. The third-order valence-corrected chi connectivity index (χ3v) is 5.56. The highest BCUT2D eigenvalue weighted by Crippen LogP contribution is 2.45. The highest BCUT2D eigenvalue weighted by Gasteiger charge is 2.44. The smallest absolute Gasteiger partial charge is 0.334 e. The van der Waals surface area contributed by atoms with Gasteiger partial charge >= 0.3 is 5.97 Å². The summed E-state index contributed by atoms with van der Waals surface area (Å²) >= 11 is 0. The number of aliphatic hydroxyl groups excluding tert-OH is 3. The number of esters is 1. The normalized spacial score (nSPS) is 26.3. The molecule has 0 amide bonds. The van der Waals surface area contributed by atoms with Crippen molar-refractivity contribution in [2.75, 3.05) is 0 Å². The maximum absolute atomic E-state index is 13.2. The van der Waals surface area contributed by atoms with Crippen LogP contribution in [0.2, 0.25) is 0 Å². The van der Waals surface area contributed by atoms with Gasteiger partial charge in [0.05, 0.1) is 6.10 Å². The van der Waals surface area contributed by atoms with Crippen LogP contribution in [0.4, 0.5) is 0 Å². The lowest BCUT2D eigenvalue weighted by atomic mass is 9.91. The number of Topliss-reactive ketones (excluding diaryl/α,β-unsaturated/α-hetero) is 1. The Bertz CT molecular complexity index is 1180. The zero-order valence-corrected chi connectivity index (χ0v) is 17.2. The predicted molar refractivity (Wildman–Crippen MR) is 110 cm³/mol. The third kappa shape index (κ3) is 3.94. The van der Waals surface area contributed by atoms with E-state index in [9.17, 15) is 50.4 Å². The quantitative estimate of drug-likeness (QED) is 0.215. The van der Waals surface area contributed by atoms with Crippen molar-refractivity contribution < 1.29 is 59.9 Å². The molecule has 2 aliphatic rings. The molecule has 0 fully saturated rings. The second-order valence-electron chi connectivity index (χ2n) is 7.92. The van der Waals surface area contributed by atoms with Crippen LogP contribution in [0.5, 0.6) is 34.5 Å². The van der Waals surface area contributed by atoms with Crippen LogP contribution in [0.15, 0.2) is 35.9 Å². The Labute approximate surface area is 190 Å². The lowest BCUT2D eigenvalue weighted by molar-refractivity contribution is -0.148. The van der Waals surface area contributed by atoms with Crippen LogP contribution in [-0.2, 0) is 9.53 Å². The van der Waals surface area contributed by atoms with Crippen molar-refractivity contribution >= 4 is 11.8 Å². The van der Waals surface area contributed by atoms with Gasteiger partial charge in [-0.05, 0) is 18.2 Å². The lowest BCUT2D eigenvalue weighted by Crippen LogP contribution is -2.43. The van der Waals surface area contributed by atoms with Crippen molar-refractivity contribution in [3.8, 4) is 34.5 Å². The van der Waals surface area contributed by atoms with Crippen molar-refractivity contribution in [2.24, 2.45) is 0 Å². The van der Waals surface area contributed by atoms with Crippen LogP contribution in [-0.4, -0.2) is 77.0 Å². The number of rotatable bonds is 3. The summed E-state index contributed by atoms with van der Waals surface area (Å²) in [5.41, 5.74) is -0.762. The van der Waals surface area contributed by atoms with Gasteiger partial charge in [0.1, 0.15) is 35.0 Å². The molecule has 1 aliphatic carbocycles. The molecule has 0 saturated carbocycles. The number of hydrogen-bond acceptors (Lipinski definition) is 12. The predicted octanol–water partition coefficient (Wildman–Crippen LogP) is -0.144. The van der Waals surface area contributed by atoms with Gasteiger partial charge in [-0.3, -0.25) is 4.79 Å². The van der Waals surface area contributed by atoms with E-state index in [2.05, 4.69) is 0 Å². The van der Waals surface area contributed by atoms with E-state index in [4.69, 9.17) is 9.47 Å². The van der Waals surface area contributed by atoms with Crippen molar-refractivity contribution in [3.05, 3.63) is 47.0 Å². The first-order valence-electron chi connectivity index (χ1n) is 9.95. The molecule has 34 heavy (non-hydrogen) atoms. The van der Waals surface area contributed by atoms with E-state index in [-0.39, 0.29) is 23.3 Å². The average molecular weight is 476 g/mol. The van der Waals surface area contributed by atoms with Crippen LogP contribution < -0.4 is 4.74 Å². The molecule has 8 N–H and O–H groups in total. The largest absolute Gasteiger partial charge is 0.508 e. The minimum atomic E-state index is -1.80. The monoisotopic (exact) mass is 476 g/mol. The molecule has 1 aliphatic heterocycles. The van der Waals surface area contributed by atoms with Gasteiger partial charge in [-0.1, -0.05) is 0 Å². The fourth-order valence-electron chi connectivity index (χ4n) is 3.84. The second kappa shape index (κ2) is 8.41. The lowest BCUT2D eigenvalue weighted by Gasteiger charge is -2.33. The molecule has 12 nitrogen and oxygen atoms in total. The third-order valence-electron chi connectivity index (χ3n) is 5.56. The summed E-state index contributed by atoms with van der Waals surface area (Å²) in [6, 6.07) is 3.79. The molecule has 0 saturated heterocycles. The van der Waals surface area contributed by atoms with Gasteiger partial charge in [-0.15, -0.1) is 0 Å². The number of phenolic OH excluding ortho intramolecular Hbond substituents is 5. The van der Waals surface area contributed by atoms with E-state index in [1.807, 2.05) is 0 Å². The summed E-state index contributed by atoms with van der Waals surface area (Å²) in [7, 11) is 0. The summed E-state index contributed by atoms with van der Waals surface area (Å²) in [6.07, 6.45) is -7.32. The van der Waals surface area contributed by atoms with Crippen LogP contribution in [0.1, 0.15) is 28.4 Å². The number of carbonyl (C=O) groups is 2. The zero-order chi connectivity index (χ0) is 24.9. The molecule has 0 spiro atoms. The zero-order valence-electron chi connectivity index (χ0n) is 17.2. The van der Waals surface area contributed by atoms with Crippen molar-refractivity contribution in [3.63, 3.8) is 0 Å². The maximum Gasteiger partial charge on any atom is 0.334 e. The number of phenols is 5. The van der Waals surface area contributed by atoms with Gasteiger partial charge in [0.15, 0.2) is 23.4 Å². The van der Waals surface area contributed by atoms with Crippen LogP contribution in [0.3, 0.4) is 0 Å². The number of benzene rings is 2. The molecule has 0 radical (unpaired) electrons. The van der Waals surface area contributed by atoms with Gasteiger partial charge in [-0.25, -0.2) is 4.79 Å². The number of aliphatic hydroxyl groups is 3. The average Bonchev–Trinajstić information content (AvgIpc) is 2.76. The molecular weight excluding hydrogens is 456 g/mol. The van der Waals surface area contributed by atoms with Crippen LogP contribution in [0, 0.1) is 0 Å².